The van der Waals surface area contributed by atoms with Gasteiger partial charge >= 0.3 is 0 Å². The monoisotopic (exact) mass is 258 g/mol. The van der Waals surface area contributed by atoms with E-state index < -0.39 is 0 Å². The van der Waals surface area contributed by atoms with Crippen LogP contribution in [0.1, 0.15) is 50.2 Å². The molecule has 0 amide bonds. The molecule has 0 atom stereocenters. The molecule has 102 valence electrons. The molecule has 1 fully saturated rings. The summed E-state index contributed by atoms with van der Waals surface area (Å²) in [4.78, 5) is 0. The maximum atomic E-state index is 13.2. The molecule has 0 radical (unpaired) electrons. The van der Waals surface area contributed by atoms with Crippen molar-refractivity contribution in [3.05, 3.63) is 46.8 Å². The lowest BCUT2D eigenvalue weighted by Gasteiger charge is -2.31. The molecule has 3 rings (SSSR count). The molecule has 0 nitrogen and oxygen atoms in total. The number of benzene rings is 1. The number of rotatable bonds is 2. The fourth-order valence-corrected chi connectivity index (χ4v) is 3.74. The number of allylic oxidation sites excluding steroid dienone is 2. The molecule has 2 aliphatic rings. The van der Waals surface area contributed by atoms with E-state index in [0.717, 1.165) is 24.7 Å². The molecule has 1 aromatic rings. The Balaban J connectivity index is 1.69. The van der Waals surface area contributed by atoms with Gasteiger partial charge in [0, 0.05) is 0 Å². The number of fused-ring (bicyclic) bond motifs is 1. The summed E-state index contributed by atoms with van der Waals surface area (Å²) in [5, 5.41) is 0. The summed E-state index contributed by atoms with van der Waals surface area (Å²) in [7, 11) is 0. The van der Waals surface area contributed by atoms with Gasteiger partial charge in [0.05, 0.1) is 0 Å². The van der Waals surface area contributed by atoms with Crippen LogP contribution in [0, 0.1) is 17.7 Å². The summed E-state index contributed by atoms with van der Waals surface area (Å²) < 4.78 is 13.2. The Kier molecular flexibility index (Phi) is 3.72. The zero-order valence-electron chi connectivity index (χ0n) is 11.8. The van der Waals surface area contributed by atoms with Gasteiger partial charge in [0.25, 0.3) is 0 Å². The molecule has 2 aliphatic carbocycles. The summed E-state index contributed by atoms with van der Waals surface area (Å²) in [5.74, 6) is 1.65. The third kappa shape index (κ3) is 2.75. The van der Waals surface area contributed by atoms with Crippen LogP contribution in [0.15, 0.2) is 29.8 Å². The first kappa shape index (κ1) is 12.9. The zero-order valence-corrected chi connectivity index (χ0v) is 11.8. The second-order valence-corrected chi connectivity index (χ2v) is 6.20. The van der Waals surface area contributed by atoms with E-state index in [-0.39, 0.29) is 5.82 Å². The van der Waals surface area contributed by atoms with Gasteiger partial charge in [-0.25, -0.2) is 4.39 Å². The SMILES string of the molecule is CCC1CCC(C2=CCc3cc(F)ccc3C2)CC1. The van der Waals surface area contributed by atoms with Crippen molar-refractivity contribution in [3.63, 3.8) is 0 Å². The van der Waals surface area contributed by atoms with Crippen LogP contribution in [0.25, 0.3) is 0 Å². The van der Waals surface area contributed by atoms with Crippen LogP contribution in [0.3, 0.4) is 0 Å². The van der Waals surface area contributed by atoms with Crippen LogP contribution in [-0.4, -0.2) is 0 Å². The maximum Gasteiger partial charge on any atom is 0.123 e. The third-order valence-corrected chi connectivity index (χ3v) is 5.10. The van der Waals surface area contributed by atoms with Gasteiger partial charge in [-0.2, -0.15) is 0 Å². The fraction of sp³-hybridized carbons (Fsp3) is 0.556. The first-order chi connectivity index (χ1) is 9.26. The van der Waals surface area contributed by atoms with Crippen molar-refractivity contribution in [2.75, 3.05) is 0 Å². The van der Waals surface area contributed by atoms with Gasteiger partial charge in [-0.05, 0) is 73.6 Å². The lowest BCUT2D eigenvalue weighted by atomic mass is 9.74. The topological polar surface area (TPSA) is 0 Å². The second kappa shape index (κ2) is 5.48. The van der Waals surface area contributed by atoms with E-state index in [1.165, 1.54) is 43.2 Å². The Hall–Kier alpha value is -1.11. The standard InChI is InChI=1S/C18H23F/c1-2-13-3-5-14(6-4-13)15-7-8-17-12-18(19)10-9-16(17)11-15/h7,9-10,12-14H,2-6,8,11H2,1H3. The number of hydrogen-bond acceptors (Lipinski definition) is 0. The van der Waals surface area contributed by atoms with Crippen LogP contribution in [-0.2, 0) is 12.8 Å². The Morgan fingerprint density at radius 2 is 1.89 bits per heavy atom. The Morgan fingerprint density at radius 1 is 1.11 bits per heavy atom. The predicted molar refractivity (Wildman–Crippen MR) is 77.6 cm³/mol. The Morgan fingerprint density at radius 3 is 2.63 bits per heavy atom. The van der Waals surface area contributed by atoms with Gasteiger partial charge in [0.15, 0.2) is 0 Å². The van der Waals surface area contributed by atoms with Crippen molar-refractivity contribution < 1.29 is 4.39 Å². The zero-order chi connectivity index (χ0) is 13.2. The number of hydrogen-bond donors (Lipinski definition) is 0. The molecule has 0 unspecified atom stereocenters. The van der Waals surface area contributed by atoms with Gasteiger partial charge in [-0.15, -0.1) is 0 Å². The summed E-state index contributed by atoms with van der Waals surface area (Å²) in [6.07, 6.45) is 11.2. The van der Waals surface area contributed by atoms with Crippen molar-refractivity contribution in [1.29, 1.82) is 0 Å². The highest BCUT2D eigenvalue weighted by Crippen LogP contribution is 2.37. The lowest BCUT2D eigenvalue weighted by Crippen LogP contribution is -2.18. The number of halogens is 1. The Bertz CT molecular complexity index is 478. The minimum atomic E-state index is -0.0981. The molecule has 0 spiro atoms. The van der Waals surface area contributed by atoms with Crippen molar-refractivity contribution >= 4 is 0 Å². The van der Waals surface area contributed by atoms with Crippen LogP contribution < -0.4 is 0 Å². The lowest BCUT2D eigenvalue weighted by molar-refractivity contribution is 0.292. The highest BCUT2D eigenvalue weighted by Gasteiger charge is 2.24. The quantitative estimate of drug-likeness (QED) is 0.650. The van der Waals surface area contributed by atoms with Gasteiger partial charge in [0.2, 0.25) is 0 Å². The summed E-state index contributed by atoms with van der Waals surface area (Å²) in [6, 6.07) is 5.29. The van der Waals surface area contributed by atoms with Crippen molar-refractivity contribution in [1.82, 2.24) is 0 Å². The van der Waals surface area contributed by atoms with Crippen molar-refractivity contribution in [2.24, 2.45) is 11.8 Å². The molecule has 0 saturated heterocycles. The fourth-order valence-electron chi connectivity index (χ4n) is 3.74. The Labute approximate surface area is 115 Å². The van der Waals surface area contributed by atoms with Crippen LogP contribution in [0.2, 0.25) is 0 Å². The summed E-state index contributed by atoms with van der Waals surface area (Å²) >= 11 is 0. The van der Waals surface area contributed by atoms with Gasteiger partial charge in [-0.3, -0.25) is 0 Å². The molecular weight excluding hydrogens is 235 g/mol. The molecule has 1 aromatic carbocycles. The molecule has 0 bridgehead atoms. The van der Waals surface area contributed by atoms with E-state index in [0.29, 0.717) is 0 Å². The second-order valence-electron chi connectivity index (χ2n) is 6.20. The average Bonchev–Trinajstić information content (AvgIpc) is 2.47. The maximum absolute atomic E-state index is 13.2. The van der Waals surface area contributed by atoms with Gasteiger partial charge < -0.3 is 0 Å². The molecule has 19 heavy (non-hydrogen) atoms. The smallest absolute Gasteiger partial charge is 0.123 e. The van der Waals surface area contributed by atoms with Gasteiger partial charge in [0.1, 0.15) is 5.82 Å². The predicted octanol–water partition coefficient (Wildman–Crippen LogP) is 5.07. The largest absolute Gasteiger partial charge is 0.207 e. The minimum Gasteiger partial charge on any atom is -0.207 e. The highest BCUT2D eigenvalue weighted by atomic mass is 19.1. The highest BCUT2D eigenvalue weighted by molar-refractivity contribution is 5.38. The van der Waals surface area contributed by atoms with E-state index in [2.05, 4.69) is 13.0 Å². The van der Waals surface area contributed by atoms with Crippen LogP contribution in [0.5, 0.6) is 0 Å². The minimum absolute atomic E-state index is 0.0981. The van der Waals surface area contributed by atoms with E-state index >= 15 is 0 Å². The van der Waals surface area contributed by atoms with Crippen LogP contribution >= 0.6 is 0 Å². The van der Waals surface area contributed by atoms with Crippen LogP contribution in [0.4, 0.5) is 4.39 Å². The van der Waals surface area contributed by atoms with Crippen molar-refractivity contribution in [3.8, 4) is 0 Å². The van der Waals surface area contributed by atoms with E-state index in [1.807, 2.05) is 6.07 Å². The van der Waals surface area contributed by atoms with Crippen molar-refractivity contribution in [2.45, 2.75) is 51.9 Å². The van der Waals surface area contributed by atoms with Gasteiger partial charge in [-0.1, -0.05) is 31.1 Å². The van der Waals surface area contributed by atoms with E-state index in [1.54, 1.807) is 17.7 Å². The normalized spacial score (nSPS) is 26.7. The van der Waals surface area contributed by atoms with E-state index in [9.17, 15) is 4.39 Å². The summed E-state index contributed by atoms with van der Waals surface area (Å²) in [5.41, 5.74) is 4.15. The molecule has 1 saturated carbocycles. The first-order valence-corrected chi connectivity index (χ1v) is 7.72. The third-order valence-electron chi connectivity index (χ3n) is 5.10. The average molecular weight is 258 g/mol. The molecular formula is C18H23F. The first-order valence-electron chi connectivity index (χ1n) is 7.72. The summed E-state index contributed by atoms with van der Waals surface area (Å²) in [6.45, 7) is 2.32. The van der Waals surface area contributed by atoms with E-state index in [4.69, 9.17) is 0 Å². The molecule has 1 heteroatoms. The molecule has 0 aromatic heterocycles. The molecule has 0 heterocycles. The molecule has 0 N–H and O–H groups in total. The molecule has 0 aliphatic heterocycles.